The smallest absolute Gasteiger partial charge is 0.244 e. The van der Waals surface area contributed by atoms with Gasteiger partial charge >= 0.3 is 0 Å². The lowest BCUT2D eigenvalue weighted by Crippen LogP contribution is -2.45. The van der Waals surface area contributed by atoms with Crippen molar-refractivity contribution in [1.82, 2.24) is 9.29 Å². The molecule has 0 unspecified atom stereocenters. The van der Waals surface area contributed by atoms with E-state index in [1.54, 1.807) is 12.3 Å². The highest BCUT2D eigenvalue weighted by Gasteiger charge is 2.40. The average molecular weight is 359 g/mol. The van der Waals surface area contributed by atoms with Gasteiger partial charge < -0.3 is 0 Å². The minimum Gasteiger partial charge on any atom is -0.256 e. The van der Waals surface area contributed by atoms with Crippen molar-refractivity contribution < 1.29 is 8.42 Å². The first-order chi connectivity index (χ1) is 12.1. The van der Waals surface area contributed by atoms with Crippen molar-refractivity contribution in [2.75, 3.05) is 0 Å². The molecule has 134 valence electrons. The van der Waals surface area contributed by atoms with E-state index >= 15 is 0 Å². The highest BCUT2D eigenvalue weighted by molar-refractivity contribution is 7.89. The number of pyridine rings is 1. The summed E-state index contributed by atoms with van der Waals surface area (Å²) in [5, 5.41) is 0.753. The molecular weight excluding hydrogens is 332 g/mol. The number of hydrogen-bond acceptors (Lipinski definition) is 3. The summed E-state index contributed by atoms with van der Waals surface area (Å²) in [5.41, 5.74) is 1.81. The van der Waals surface area contributed by atoms with Crippen LogP contribution in [0.15, 0.2) is 35.4 Å². The number of hydrogen-bond donors (Lipinski definition) is 0. The van der Waals surface area contributed by atoms with Gasteiger partial charge in [-0.25, -0.2) is 8.42 Å². The van der Waals surface area contributed by atoms with Gasteiger partial charge in [0.05, 0.1) is 10.4 Å². The molecule has 25 heavy (non-hydrogen) atoms. The van der Waals surface area contributed by atoms with Crippen molar-refractivity contribution in [3.63, 3.8) is 0 Å². The number of fused-ring (bicyclic) bond motifs is 1. The first-order valence-electron chi connectivity index (χ1n) is 9.47. The van der Waals surface area contributed by atoms with Gasteiger partial charge in [0.15, 0.2) is 0 Å². The Morgan fingerprint density at radius 1 is 0.960 bits per heavy atom. The van der Waals surface area contributed by atoms with Crippen LogP contribution in [0, 0.1) is 6.92 Å². The Labute approximate surface area is 150 Å². The van der Waals surface area contributed by atoms with Crippen LogP contribution >= 0.6 is 0 Å². The number of nitrogens with zero attached hydrogens (tertiary/aromatic N) is 2. The quantitative estimate of drug-likeness (QED) is 0.813. The molecule has 0 aliphatic heterocycles. The summed E-state index contributed by atoms with van der Waals surface area (Å²) in [6.45, 7) is 1.98. The fraction of sp³-hybridized carbons (Fsp3) is 0.550. The van der Waals surface area contributed by atoms with Crippen LogP contribution < -0.4 is 0 Å². The molecule has 2 saturated carbocycles. The molecule has 5 heteroatoms. The van der Waals surface area contributed by atoms with E-state index in [0.29, 0.717) is 4.90 Å². The first-order valence-corrected chi connectivity index (χ1v) is 10.9. The maximum absolute atomic E-state index is 13.7. The summed E-state index contributed by atoms with van der Waals surface area (Å²) >= 11 is 0. The maximum Gasteiger partial charge on any atom is 0.244 e. The normalized spacial score (nSPS) is 20.1. The molecule has 1 aromatic heterocycles. The van der Waals surface area contributed by atoms with Gasteiger partial charge in [0, 0.05) is 23.7 Å². The van der Waals surface area contributed by atoms with E-state index in [9.17, 15) is 8.42 Å². The second-order valence-corrected chi connectivity index (χ2v) is 9.30. The molecule has 0 radical (unpaired) electrons. The minimum atomic E-state index is -3.52. The van der Waals surface area contributed by atoms with Crippen molar-refractivity contribution in [2.24, 2.45) is 0 Å². The fourth-order valence-electron chi connectivity index (χ4n) is 4.63. The lowest BCUT2D eigenvalue weighted by atomic mass is 10.1. The zero-order chi connectivity index (χ0) is 17.4. The summed E-state index contributed by atoms with van der Waals surface area (Å²) in [6, 6.07) is 7.73. The molecule has 0 amide bonds. The summed E-state index contributed by atoms with van der Waals surface area (Å²) in [6.07, 6.45) is 10.3. The third kappa shape index (κ3) is 2.97. The second kappa shape index (κ2) is 6.69. The lowest BCUT2D eigenvalue weighted by molar-refractivity contribution is 0.252. The molecule has 0 spiro atoms. The Bertz CT molecular complexity index is 850. The highest BCUT2D eigenvalue weighted by Crippen LogP contribution is 2.37. The highest BCUT2D eigenvalue weighted by atomic mass is 32.2. The van der Waals surface area contributed by atoms with E-state index in [0.717, 1.165) is 67.8 Å². The summed E-state index contributed by atoms with van der Waals surface area (Å²) in [7, 11) is -3.52. The van der Waals surface area contributed by atoms with Crippen LogP contribution in [0.2, 0.25) is 0 Å². The molecule has 1 aromatic carbocycles. The van der Waals surface area contributed by atoms with Crippen LogP contribution in [0.1, 0.15) is 56.9 Å². The number of benzene rings is 1. The van der Waals surface area contributed by atoms with E-state index in [4.69, 9.17) is 0 Å². The molecule has 0 atom stereocenters. The molecular formula is C20H26N2O2S. The summed E-state index contributed by atoms with van der Waals surface area (Å²) in [5.74, 6) is 0. The SMILES string of the molecule is Cc1ccc(S(=O)(=O)N(C2CCCC2)C2CCCC2)c2cccnc12. The van der Waals surface area contributed by atoms with E-state index in [1.165, 1.54) is 0 Å². The fourth-order valence-corrected chi connectivity index (χ4v) is 6.75. The predicted octanol–water partition coefficient (Wildman–Crippen LogP) is 4.42. The van der Waals surface area contributed by atoms with Crippen LogP contribution in [-0.4, -0.2) is 29.8 Å². The van der Waals surface area contributed by atoms with Crippen LogP contribution in [0.3, 0.4) is 0 Å². The predicted molar refractivity (Wildman–Crippen MR) is 100 cm³/mol. The zero-order valence-corrected chi connectivity index (χ0v) is 15.6. The third-order valence-electron chi connectivity index (χ3n) is 5.86. The lowest BCUT2D eigenvalue weighted by Gasteiger charge is -2.33. The molecule has 0 saturated heterocycles. The van der Waals surface area contributed by atoms with Gasteiger partial charge in [-0.1, -0.05) is 31.7 Å². The van der Waals surface area contributed by atoms with Crippen molar-refractivity contribution >= 4 is 20.9 Å². The number of aryl methyl sites for hydroxylation is 1. The molecule has 2 fully saturated rings. The second-order valence-electron chi connectivity index (χ2n) is 7.49. The zero-order valence-electron chi connectivity index (χ0n) is 14.8. The van der Waals surface area contributed by atoms with Gasteiger partial charge in [0.25, 0.3) is 0 Å². The van der Waals surface area contributed by atoms with Gasteiger partial charge in [-0.15, -0.1) is 0 Å². The molecule has 0 N–H and O–H groups in total. The topological polar surface area (TPSA) is 50.3 Å². The monoisotopic (exact) mass is 358 g/mol. The van der Waals surface area contributed by atoms with Crippen molar-refractivity contribution in [1.29, 1.82) is 0 Å². The molecule has 4 rings (SSSR count). The Morgan fingerprint density at radius 3 is 2.16 bits per heavy atom. The molecule has 2 aliphatic rings. The maximum atomic E-state index is 13.7. The Morgan fingerprint density at radius 2 is 1.56 bits per heavy atom. The largest absolute Gasteiger partial charge is 0.256 e. The van der Waals surface area contributed by atoms with Crippen LogP contribution in [0.5, 0.6) is 0 Å². The summed E-state index contributed by atoms with van der Waals surface area (Å²) in [4.78, 5) is 4.86. The molecule has 2 aromatic rings. The number of sulfonamides is 1. The van der Waals surface area contributed by atoms with Gasteiger partial charge in [-0.3, -0.25) is 4.98 Å². The average Bonchev–Trinajstić information content (AvgIpc) is 3.30. The van der Waals surface area contributed by atoms with Crippen molar-refractivity contribution in [3.05, 3.63) is 36.0 Å². The molecule has 0 bridgehead atoms. The standard InChI is InChI=1S/C20H26N2O2S/c1-15-12-13-19(18-11-6-14-21-20(15)18)25(23,24)22(16-7-2-3-8-16)17-9-4-5-10-17/h6,11-14,16-17H,2-5,7-10H2,1H3. The van der Waals surface area contributed by atoms with E-state index in [1.807, 2.05) is 29.4 Å². The van der Waals surface area contributed by atoms with E-state index in [-0.39, 0.29) is 12.1 Å². The molecule has 4 nitrogen and oxygen atoms in total. The van der Waals surface area contributed by atoms with Gasteiger partial charge in [0.2, 0.25) is 10.0 Å². The van der Waals surface area contributed by atoms with Gasteiger partial charge in [-0.05, 0) is 56.4 Å². The van der Waals surface area contributed by atoms with E-state index in [2.05, 4.69) is 4.98 Å². The Balaban J connectivity index is 1.85. The first kappa shape index (κ1) is 17.0. The Hall–Kier alpha value is -1.46. The number of aromatic nitrogens is 1. The summed E-state index contributed by atoms with van der Waals surface area (Å²) < 4.78 is 29.4. The minimum absolute atomic E-state index is 0.168. The van der Waals surface area contributed by atoms with Crippen molar-refractivity contribution in [2.45, 2.75) is 75.3 Å². The van der Waals surface area contributed by atoms with Crippen LogP contribution in [-0.2, 0) is 10.0 Å². The van der Waals surface area contributed by atoms with Crippen LogP contribution in [0.4, 0.5) is 0 Å². The van der Waals surface area contributed by atoms with E-state index < -0.39 is 10.0 Å². The van der Waals surface area contributed by atoms with Crippen molar-refractivity contribution in [3.8, 4) is 0 Å². The molecule has 2 aliphatic carbocycles. The van der Waals surface area contributed by atoms with Crippen LogP contribution in [0.25, 0.3) is 10.9 Å². The Kier molecular flexibility index (Phi) is 4.54. The van der Waals surface area contributed by atoms with Gasteiger partial charge in [-0.2, -0.15) is 4.31 Å². The molecule has 1 heterocycles. The van der Waals surface area contributed by atoms with Gasteiger partial charge in [0.1, 0.15) is 0 Å². The third-order valence-corrected chi connectivity index (χ3v) is 7.92. The number of rotatable bonds is 4.